The third-order valence-corrected chi connectivity index (χ3v) is 4.30. The molecule has 1 aliphatic heterocycles. The molecule has 1 saturated heterocycles. The number of piperidine rings is 1. The van der Waals surface area contributed by atoms with Crippen LogP contribution in [0.3, 0.4) is 0 Å². The SMILES string of the molecule is CC(=O)NC1CCN(C(=O)N[C@H]2CC[C@@H](C(=O)O)C2)CC1. The summed E-state index contributed by atoms with van der Waals surface area (Å²) in [4.78, 5) is 35.8. The molecule has 7 nitrogen and oxygen atoms in total. The largest absolute Gasteiger partial charge is 0.481 e. The fraction of sp³-hybridized carbons (Fsp3) is 0.786. The Morgan fingerprint density at radius 3 is 2.19 bits per heavy atom. The molecule has 21 heavy (non-hydrogen) atoms. The molecule has 0 radical (unpaired) electrons. The van der Waals surface area contributed by atoms with Crippen molar-refractivity contribution < 1.29 is 19.5 Å². The van der Waals surface area contributed by atoms with Crippen LogP contribution in [0.25, 0.3) is 0 Å². The van der Waals surface area contributed by atoms with Crippen LogP contribution in [0.2, 0.25) is 0 Å². The minimum absolute atomic E-state index is 0.0355. The summed E-state index contributed by atoms with van der Waals surface area (Å²) in [5, 5.41) is 14.8. The third kappa shape index (κ3) is 4.34. The number of carbonyl (C=O) groups is 3. The number of hydrogen-bond acceptors (Lipinski definition) is 3. The number of carbonyl (C=O) groups excluding carboxylic acids is 2. The number of rotatable bonds is 3. The fourth-order valence-corrected chi connectivity index (χ4v) is 3.12. The highest BCUT2D eigenvalue weighted by Gasteiger charge is 2.32. The van der Waals surface area contributed by atoms with E-state index in [-0.39, 0.29) is 29.9 Å². The summed E-state index contributed by atoms with van der Waals surface area (Å²) in [6, 6.07) is -0.00611. The minimum Gasteiger partial charge on any atom is -0.481 e. The topological polar surface area (TPSA) is 98.7 Å². The predicted molar refractivity (Wildman–Crippen MR) is 75.7 cm³/mol. The van der Waals surface area contributed by atoms with Crippen LogP contribution in [-0.2, 0) is 9.59 Å². The molecule has 0 spiro atoms. The van der Waals surface area contributed by atoms with E-state index in [0.717, 1.165) is 19.3 Å². The smallest absolute Gasteiger partial charge is 0.317 e. The Morgan fingerprint density at radius 1 is 1.00 bits per heavy atom. The van der Waals surface area contributed by atoms with Gasteiger partial charge in [0.15, 0.2) is 0 Å². The zero-order valence-corrected chi connectivity index (χ0v) is 12.3. The van der Waals surface area contributed by atoms with E-state index in [4.69, 9.17) is 5.11 Å². The molecular weight excluding hydrogens is 274 g/mol. The molecule has 2 atom stereocenters. The summed E-state index contributed by atoms with van der Waals surface area (Å²) in [5.41, 5.74) is 0. The molecule has 3 amide bonds. The van der Waals surface area contributed by atoms with Crippen molar-refractivity contribution in [3.63, 3.8) is 0 Å². The van der Waals surface area contributed by atoms with Gasteiger partial charge in [-0.2, -0.15) is 0 Å². The summed E-state index contributed by atoms with van der Waals surface area (Å²) in [5.74, 6) is -1.15. The average Bonchev–Trinajstić information content (AvgIpc) is 2.87. The standard InChI is InChI=1S/C14H23N3O4/c1-9(18)15-11-4-6-17(7-5-11)14(21)16-12-3-2-10(8-12)13(19)20/h10-12H,2-8H2,1H3,(H,15,18)(H,16,21)(H,19,20)/t10-,12+/m1/s1. The van der Waals surface area contributed by atoms with Gasteiger partial charge in [-0.3, -0.25) is 9.59 Å². The third-order valence-electron chi connectivity index (χ3n) is 4.30. The number of nitrogens with zero attached hydrogens (tertiary/aromatic N) is 1. The summed E-state index contributed by atoms with van der Waals surface area (Å²) in [6.07, 6.45) is 3.39. The maximum Gasteiger partial charge on any atom is 0.317 e. The minimum atomic E-state index is -0.775. The van der Waals surface area contributed by atoms with Crippen molar-refractivity contribution in [2.75, 3.05) is 13.1 Å². The van der Waals surface area contributed by atoms with Gasteiger partial charge < -0.3 is 20.6 Å². The van der Waals surface area contributed by atoms with E-state index in [2.05, 4.69) is 10.6 Å². The number of hydrogen-bond donors (Lipinski definition) is 3. The van der Waals surface area contributed by atoms with Gasteiger partial charge in [-0.05, 0) is 32.1 Å². The first kappa shape index (κ1) is 15.6. The van der Waals surface area contributed by atoms with E-state index in [9.17, 15) is 14.4 Å². The molecule has 118 valence electrons. The summed E-state index contributed by atoms with van der Waals surface area (Å²) in [7, 11) is 0. The van der Waals surface area contributed by atoms with Gasteiger partial charge in [0.1, 0.15) is 0 Å². The Labute approximate surface area is 124 Å². The van der Waals surface area contributed by atoms with E-state index in [1.54, 1.807) is 4.90 Å². The lowest BCUT2D eigenvalue weighted by Gasteiger charge is -2.33. The zero-order valence-electron chi connectivity index (χ0n) is 12.3. The van der Waals surface area contributed by atoms with Crippen molar-refractivity contribution in [1.82, 2.24) is 15.5 Å². The average molecular weight is 297 g/mol. The van der Waals surface area contributed by atoms with Crippen molar-refractivity contribution in [3.05, 3.63) is 0 Å². The van der Waals surface area contributed by atoms with E-state index in [1.165, 1.54) is 6.92 Å². The van der Waals surface area contributed by atoms with Crippen LogP contribution in [0.5, 0.6) is 0 Å². The molecule has 1 aliphatic carbocycles. The second-order valence-corrected chi connectivity index (χ2v) is 5.96. The van der Waals surface area contributed by atoms with Crippen LogP contribution in [0.15, 0.2) is 0 Å². The van der Waals surface area contributed by atoms with Crippen LogP contribution >= 0.6 is 0 Å². The number of carboxylic acids is 1. The van der Waals surface area contributed by atoms with Gasteiger partial charge in [-0.15, -0.1) is 0 Å². The summed E-state index contributed by atoms with van der Waals surface area (Å²) >= 11 is 0. The Morgan fingerprint density at radius 2 is 1.67 bits per heavy atom. The van der Waals surface area contributed by atoms with E-state index >= 15 is 0 Å². The van der Waals surface area contributed by atoms with Crippen LogP contribution in [0.1, 0.15) is 39.0 Å². The zero-order chi connectivity index (χ0) is 15.4. The molecule has 1 heterocycles. The molecule has 3 N–H and O–H groups in total. The molecule has 1 saturated carbocycles. The molecule has 0 aromatic carbocycles. The Hall–Kier alpha value is -1.79. The lowest BCUT2D eigenvalue weighted by atomic mass is 10.1. The highest BCUT2D eigenvalue weighted by Crippen LogP contribution is 2.26. The van der Waals surface area contributed by atoms with Gasteiger partial charge in [0.25, 0.3) is 0 Å². The van der Waals surface area contributed by atoms with Crippen molar-refractivity contribution in [3.8, 4) is 0 Å². The van der Waals surface area contributed by atoms with Crippen LogP contribution in [0.4, 0.5) is 4.79 Å². The molecule has 0 unspecified atom stereocenters. The number of aliphatic carboxylic acids is 1. The Bertz CT molecular complexity index is 418. The number of urea groups is 1. The van der Waals surface area contributed by atoms with Gasteiger partial charge in [0.05, 0.1) is 5.92 Å². The molecule has 2 rings (SSSR count). The number of likely N-dealkylation sites (tertiary alicyclic amines) is 1. The van der Waals surface area contributed by atoms with Crippen molar-refractivity contribution in [1.29, 1.82) is 0 Å². The second kappa shape index (κ2) is 6.78. The van der Waals surface area contributed by atoms with E-state index in [0.29, 0.717) is 25.9 Å². The molecule has 7 heteroatoms. The number of carboxylic acid groups (broad SMARTS) is 1. The normalized spacial score (nSPS) is 26.4. The summed E-state index contributed by atoms with van der Waals surface area (Å²) in [6.45, 7) is 2.73. The first-order chi connectivity index (χ1) is 9.95. The Balaban J connectivity index is 1.73. The van der Waals surface area contributed by atoms with Crippen LogP contribution in [0, 0.1) is 5.92 Å². The monoisotopic (exact) mass is 297 g/mol. The van der Waals surface area contributed by atoms with Gasteiger partial charge in [-0.1, -0.05) is 0 Å². The molecule has 0 aromatic rings. The van der Waals surface area contributed by atoms with Gasteiger partial charge in [0.2, 0.25) is 5.91 Å². The van der Waals surface area contributed by atoms with Gasteiger partial charge in [0, 0.05) is 32.1 Å². The van der Waals surface area contributed by atoms with Gasteiger partial charge >= 0.3 is 12.0 Å². The molecular formula is C14H23N3O4. The van der Waals surface area contributed by atoms with Crippen molar-refractivity contribution in [2.24, 2.45) is 5.92 Å². The number of nitrogens with one attached hydrogen (secondary N) is 2. The Kier molecular flexibility index (Phi) is 5.03. The lowest BCUT2D eigenvalue weighted by Crippen LogP contribution is -2.50. The molecule has 2 fully saturated rings. The first-order valence-electron chi connectivity index (χ1n) is 7.51. The maximum atomic E-state index is 12.1. The quantitative estimate of drug-likeness (QED) is 0.708. The van der Waals surface area contributed by atoms with E-state index < -0.39 is 5.97 Å². The summed E-state index contributed by atoms with van der Waals surface area (Å²) < 4.78 is 0. The maximum absolute atomic E-state index is 12.1. The molecule has 2 aliphatic rings. The molecule has 0 aromatic heterocycles. The second-order valence-electron chi connectivity index (χ2n) is 5.96. The van der Waals surface area contributed by atoms with Gasteiger partial charge in [-0.25, -0.2) is 4.79 Å². The van der Waals surface area contributed by atoms with E-state index in [1.807, 2.05) is 0 Å². The molecule has 0 bridgehead atoms. The highest BCUT2D eigenvalue weighted by atomic mass is 16.4. The van der Waals surface area contributed by atoms with Crippen molar-refractivity contribution >= 4 is 17.9 Å². The predicted octanol–water partition coefficient (Wildman–Crippen LogP) is 0.550. The number of amides is 3. The first-order valence-corrected chi connectivity index (χ1v) is 7.51. The van der Waals surface area contributed by atoms with Crippen LogP contribution < -0.4 is 10.6 Å². The highest BCUT2D eigenvalue weighted by molar-refractivity contribution is 5.76. The van der Waals surface area contributed by atoms with Crippen LogP contribution in [-0.4, -0.2) is 53.1 Å². The lowest BCUT2D eigenvalue weighted by molar-refractivity contribution is -0.141. The van der Waals surface area contributed by atoms with Crippen molar-refractivity contribution in [2.45, 2.75) is 51.1 Å². The fourth-order valence-electron chi connectivity index (χ4n) is 3.12.